The largest absolute Gasteiger partial charge is 0.348 e. The number of carbonyl (C=O) groups is 1. The Labute approximate surface area is 96.3 Å². The first kappa shape index (κ1) is 12.7. The first-order valence-corrected chi connectivity index (χ1v) is 5.53. The zero-order chi connectivity index (χ0) is 12.1. The van der Waals surface area contributed by atoms with Gasteiger partial charge in [0.2, 0.25) is 5.91 Å². The lowest BCUT2D eigenvalue weighted by molar-refractivity contribution is -0.131. The molecule has 1 heterocycles. The molecule has 1 aromatic rings. The van der Waals surface area contributed by atoms with Crippen LogP contribution in [-0.4, -0.2) is 40.4 Å². The van der Waals surface area contributed by atoms with E-state index in [1.54, 1.807) is 18.3 Å². The van der Waals surface area contributed by atoms with Gasteiger partial charge in [-0.05, 0) is 20.8 Å². The van der Waals surface area contributed by atoms with Crippen molar-refractivity contribution in [3.8, 4) is 0 Å². The molecule has 5 heteroatoms. The molecule has 2 N–H and O–H groups in total. The molecule has 0 fully saturated rings. The van der Waals surface area contributed by atoms with Crippen molar-refractivity contribution in [1.82, 2.24) is 20.2 Å². The zero-order valence-corrected chi connectivity index (χ0v) is 10.4. The van der Waals surface area contributed by atoms with Crippen LogP contribution in [0.5, 0.6) is 0 Å². The van der Waals surface area contributed by atoms with Crippen LogP contribution in [0.4, 0.5) is 0 Å². The molecule has 0 aromatic carbocycles. The fraction of sp³-hybridized carbons (Fsp3) is 0.636. The van der Waals surface area contributed by atoms with Crippen LogP contribution < -0.4 is 5.32 Å². The Bertz CT molecular complexity index is 348. The SMILES string of the molecule is CCN(C)C(=O)C(C)NCc1nc[nH]c1C. The average molecular weight is 224 g/mol. The van der Waals surface area contributed by atoms with Gasteiger partial charge in [-0.15, -0.1) is 0 Å². The number of nitrogens with one attached hydrogen (secondary N) is 2. The van der Waals surface area contributed by atoms with E-state index >= 15 is 0 Å². The molecular formula is C11H20N4O. The molecule has 1 unspecified atom stereocenters. The number of carbonyl (C=O) groups excluding carboxylic acids is 1. The maximum atomic E-state index is 11.8. The van der Waals surface area contributed by atoms with E-state index in [0.717, 1.165) is 17.9 Å². The highest BCUT2D eigenvalue weighted by Crippen LogP contribution is 2.00. The van der Waals surface area contributed by atoms with Gasteiger partial charge in [-0.25, -0.2) is 4.98 Å². The number of imidazole rings is 1. The summed E-state index contributed by atoms with van der Waals surface area (Å²) in [6, 6.07) is -0.180. The molecule has 0 spiro atoms. The Kier molecular flexibility index (Phi) is 4.49. The second kappa shape index (κ2) is 5.65. The van der Waals surface area contributed by atoms with E-state index in [2.05, 4.69) is 15.3 Å². The van der Waals surface area contributed by atoms with Gasteiger partial charge in [-0.2, -0.15) is 0 Å². The van der Waals surface area contributed by atoms with Crippen LogP contribution in [0.3, 0.4) is 0 Å². The van der Waals surface area contributed by atoms with Gasteiger partial charge in [0.05, 0.1) is 18.1 Å². The lowest BCUT2D eigenvalue weighted by atomic mass is 10.2. The van der Waals surface area contributed by atoms with Crippen LogP contribution in [0.2, 0.25) is 0 Å². The minimum absolute atomic E-state index is 0.107. The van der Waals surface area contributed by atoms with Gasteiger partial charge in [0.25, 0.3) is 0 Å². The van der Waals surface area contributed by atoms with E-state index in [4.69, 9.17) is 0 Å². The summed E-state index contributed by atoms with van der Waals surface area (Å²) >= 11 is 0. The number of amides is 1. The molecular weight excluding hydrogens is 204 g/mol. The lowest BCUT2D eigenvalue weighted by Crippen LogP contribution is -2.42. The number of likely N-dealkylation sites (N-methyl/N-ethyl adjacent to an activating group) is 1. The maximum Gasteiger partial charge on any atom is 0.239 e. The minimum Gasteiger partial charge on any atom is -0.348 e. The highest BCUT2D eigenvalue weighted by Gasteiger charge is 2.15. The molecule has 0 saturated heterocycles. The lowest BCUT2D eigenvalue weighted by Gasteiger charge is -2.20. The second-order valence-electron chi connectivity index (χ2n) is 3.93. The first-order valence-electron chi connectivity index (χ1n) is 5.53. The van der Waals surface area contributed by atoms with Crippen molar-refractivity contribution >= 4 is 5.91 Å². The van der Waals surface area contributed by atoms with E-state index in [9.17, 15) is 4.79 Å². The van der Waals surface area contributed by atoms with Crippen LogP contribution in [-0.2, 0) is 11.3 Å². The highest BCUT2D eigenvalue weighted by atomic mass is 16.2. The normalized spacial score (nSPS) is 12.5. The Morgan fingerprint density at radius 1 is 1.69 bits per heavy atom. The molecule has 0 aliphatic rings. The molecule has 16 heavy (non-hydrogen) atoms. The summed E-state index contributed by atoms with van der Waals surface area (Å²) in [6.07, 6.45) is 1.66. The summed E-state index contributed by atoms with van der Waals surface area (Å²) in [6.45, 7) is 7.14. The Morgan fingerprint density at radius 2 is 2.38 bits per heavy atom. The number of aromatic amines is 1. The number of rotatable bonds is 5. The summed E-state index contributed by atoms with van der Waals surface area (Å²) in [7, 11) is 1.81. The Morgan fingerprint density at radius 3 is 2.88 bits per heavy atom. The number of hydrogen-bond acceptors (Lipinski definition) is 3. The third kappa shape index (κ3) is 3.06. The fourth-order valence-corrected chi connectivity index (χ4v) is 1.39. The molecule has 1 amide bonds. The topological polar surface area (TPSA) is 61.0 Å². The average Bonchev–Trinajstić information content (AvgIpc) is 2.69. The third-order valence-corrected chi connectivity index (χ3v) is 2.73. The van der Waals surface area contributed by atoms with Gasteiger partial charge in [0.15, 0.2) is 0 Å². The van der Waals surface area contributed by atoms with Gasteiger partial charge in [-0.1, -0.05) is 0 Å². The summed E-state index contributed by atoms with van der Waals surface area (Å²) < 4.78 is 0. The zero-order valence-electron chi connectivity index (χ0n) is 10.4. The van der Waals surface area contributed by atoms with Crippen LogP contribution in [0, 0.1) is 6.92 Å². The van der Waals surface area contributed by atoms with E-state index in [1.807, 2.05) is 20.8 Å². The molecule has 0 aliphatic heterocycles. The van der Waals surface area contributed by atoms with E-state index in [0.29, 0.717) is 6.54 Å². The van der Waals surface area contributed by atoms with Crippen molar-refractivity contribution in [3.63, 3.8) is 0 Å². The summed E-state index contributed by atoms with van der Waals surface area (Å²) in [5.74, 6) is 0.107. The second-order valence-corrected chi connectivity index (χ2v) is 3.93. The van der Waals surface area contributed by atoms with E-state index in [1.165, 1.54) is 0 Å². The molecule has 5 nitrogen and oxygen atoms in total. The van der Waals surface area contributed by atoms with Crippen LogP contribution in [0.1, 0.15) is 25.2 Å². The van der Waals surface area contributed by atoms with Gasteiger partial charge < -0.3 is 15.2 Å². The van der Waals surface area contributed by atoms with Crippen molar-refractivity contribution in [2.24, 2.45) is 0 Å². The molecule has 0 radical (unpaired) electrons. The number of aromatic nitrogens is 2. The van der Waals surface area contributed by atoms with E-state index in [-0.39, 0.29) is 11.9 Å². The molecule has 1 atom stereocenters. The predicted molar refractivity (Wildman–Crippen MR) is 62.9 cm³/mol. The van der Waals surface area contributed by atoms with Crippen molar-refractivity contribution in [2.75, 3.05) is 13.6 Å². The number of nitrogens with zero attached hydrogens (tertiary/aromatic N) is 2. The van der Waals surface area contributed by atoms with Crippen LogP contribution in [0.25, 0.3) is 0 Å². The monoisotopic (exact) mass is 224 g/mol. The summed E-state index contributed by atoms with van der Waals surface area (Å²) in [5.41, 5.74) is 2.00. The highest BCUT2D eigenvalue weighted by molar-refractivity contribution is 5.81. The molecule has 90 valence electrons. The number of aryl methyl sites for hydroxylation is 1. The van der Waals surface area contributed by atoms with Crippen molar-refractivity contribution in [2.45, 2.75) is 33.4 Å². The van der Waals surface area contributed by atoms with Crippen molar-refractivity contribution < 1.29 is 4.79 Å². The Hall–Kier alpha value is -1.36. The molecule has 0 bridgehead atoms. The fourth-order valence-electron chi connectivity index (χ4n) is 1.39. The standard InChI is InChI=1S/C11H20N4O/c1-5-15(4)11(16)9(3)12-6-10-8(2)13-7-14-10/h7,9,12H,5-6H2,1-4H3,(H,13,14). The summed E-state index contributed by atoms with van der Waals surface area (Å²) in [4.78, 5) is 20.6. The number of H-pyrrole nitrogens is 1. The van der Waals surface area contributed by atoms with Gasteiger partial charge in [0, 0.05) is 25.8 Å². The molecule has 1 aromatic heterocycles. The van der Waals surface area contributed by atoms with Crippen LogP contribution >= 0.6 is 0 Å². The van der Waals surface area contributed by atoms with Gasteiger partial charge >= 0.3 is 0 Å². The first-order chi connectivity index (χ1) is 7.56. The van der Waals surface area contributed by atoms with Crippen molar-refractivity contribution in [3.05, 3.63) is 17.7 Å². The van der Waals surface area contributed by atoms with Crippen LogP contribution in [0.15, 0.2) is 6.33 Å². The van der Waals surface area contributed by atoms with Crippen molar-refractivity contribution in [1.29, 1.82) is 0 Å². The Balaban J connectivity index is 2.44. The minimum atomic E-state index is -0.180. The number of hydrogen-bond donors (Lipinski definition) is 2. The predicted octanol–water partition coefficient (Wildman–Crippen LogP) is 0.675. The maximum absolute atomic E-state index is 11.8. The third-order valence-electron chi connectivity index (χ3n) is 2.73. The summed E-state index contributed by atoms with van der Waals surface area (Å²) in [5, 5.41) is 3.17. The molecule has 0 saturated carbocycles. The van der Waals surface area contributed by atoms with E-state index < -0.39 is 0 Å². The molecule has 0 aliphatic carbocycles. The molecule has 1 rings (SSSR count). The van der Waals surface area contributed by atoms with Gasteiger partial charge in [0.1, 0.15) is 0 Å². The smallest absolute Gasteiger partial charge is 0.239 e. The van der Waals surface area contributed by atoms with Gasteiger partial charge in [-0.3, -0.25) is 4.79 Å². The quantitative estimate of drug-likeness (QED) is 0.773.